The first-order valence-electron chi connectivity index (χ1n) is 21.9. The number of hydrogen-bond acceptors (Lipinski definition) is 10. The number of carbonyl (C=O) groups excluding carboxylic acids is 2. The summed E-state index contributed by atoms with van der Waals surface area (Å²) in [4.78, 5) is 60.0. The topological polar surface area (TPSA) is 234 Å². The first-order valence-corrected chi connectivity index (χ1v) is 23.4. The SMILES string of the molecule is CN(C)c1cccc2c(S(=O)(=O)NCCNC(=O)COc3ccc(-c4nc5cc(C(=O)N[C@H](Cc6c[nH]c7ccc(OCC(=O)O)cc67)C(=O)O)ccc5n4C4CCCCC4)cc3)cccc12. The van der Waals surface area contributed by atoms with Crippen molar-refractivity contribution in [1.82, 2.24) is 29.9 Å². The molecule has 17 nitrogen and oxygen atoms in total. The molecular formula is C49H51N7O10S. The molecule has 0 unspecified atom stereocenters. The molecule has 6 N–H and O–H groups in total. The van der Waals surface area contributed by atoms with Crippen LogP contribution < -0.4 is 29.7 Å². The highest BCUT2D eigenvalue weighted by Crippen LogP contribution is 2.37. The van der Waals surface area contributed by atoms with Crippen molar-refractivity contribution in [3.8, 4) is 22.9 Å². The van der Waals surface area contributed by atoms with E-state index in [2.05, 4.69) is 24.9 Å². The number of carbonyl (C=O) groups is 4. The second kappa shape index (κ2) is 20.0. The van der Waals surface area contributed by atoms with E-state index < -0.39 is 46.4 Å². The van der Waals surface area contributed by atoms with Crippen molar-refractivity contribution in [3.05, 3.63) is 114 Å². The Morgan fingerprint density at radius 3 is 2.31 bits per heavy atom. The monoisotopic (exact) mass is 929 g/mol. The number of aliphatic carboxylic acids is 2. The first-order chi connectivity index (χ1) is 32.3. The number of anilines is 1. The smallest absolute Gasteiger partial charge is 0.341 e. The minimum Gasteiger partial charge on any atom is -0.484 e. The third-order valence-electron chi connectivity index (χ3n) is 11.9. The summed E-state index contributed by atoms with van der Waals surface area (Å²) in [6.45, 7) is -0.786. The number of fused-ring (bicyclic) bond motifs is 3. The maximum absolute atomic E-state index is 13.7. The largest absolute Gasteiger partial charge is 0.484 e. The third kappa shape index (κ3) is 10.5. The summed E-state index contributed by atoms with van der Waals surface area (Å²) < 4.78 is 42.4. The highest BCUT2D eigenvalue weighted by molar-refractivity contribution is 7.89. The van der Waals surface area contributed by atoms with Gasteiger partial charge in [-0.25, -0.2) is 27.7 Å². The van der Waals surface area contributed by atoms with E-state index in [1.807, 2.05) is 55.4 Å². The van der Waals surface area contributed by atoms with E-state index in [0.717, 1.165) is 54.3 Å². The molecule has 18 heteroatoms. The Morgan fingerprint density at radius 1 is 0.836 bits per heavy atom. The number of nitrogens with zero attached hydrogens (tertiary/aromatic N) is 3. The normalized spacial score (nSPS) is 13.6. The molecule has 1 saturated carbocycles. The van der Waals surface area contributed by atoms with Crippen LogP contribution in [0.4, 0.5) is 5.69 Å². The summed E-state index contributed by atoms with van der Waals surface area (Å²) in [7, 11) is -0.0740. The minimum atomic E-state index is -3.87. The predicted molar refractivity (Wildman–Crippen MR) is 253 cm³/mol. The van der Waals surface area contributed by atoms with Gasteiger partial charge in [-0.3, -0.25) is 9.59 Å². The number of carboxylic acids is 2. The van der Waals surface area contributed by atoms with Crippen molar-refractivity contribution >= 4 is 72.2 Å². The van der Waals surface area contributed by atoms with Crippen molar-refractivity contribution in [2.24, 2.45) is 0 Å². The standard InChI is InChI=1S/C49H51N7O10S/c1-55(2)42-12-6-11-37-36(42)10-7-13-44(37)67(63,64)52-23-22-50-45(57)28-65-34-17-14-30(15-18-34)47-53-40-24-31(16-21-43(40)56(47)33-8-4-3-5-9-33)48(60)54-41(49(61)62)25-32-27-51-39-20-19-35(26-38(32)39)66-29-46(58)59/h6-7,10-21,24,26-27,33,41,51-52H,3-5,8-9,22-23,25,28-29H2,1-2H3,(H,50,57)(H,54,60)(H,58,59)(H,61,62)/t41-/m1/s1. The van der Waals surface area contributed by atoms with Crippen LogP contribution in [0.3, 0.4) is 0 Å². The zero-order valence-corrected chi connectivity index (χ0v) is 37.8. The molecule has 1 atom stereocenters. The number of aromatic amines is 1. The number of aromatic nitrogens is 3. The minimum absolute atomic E-state index is 0.0214. The van der Waals surface area contributed by atoms with Crippen molar-refractivity contribution in [1.29, 1.82) is 0 Å². The van der Waals surface area contributed by atoms with Gasteiger partial charge in [-0.1, -0.05) is 43.5 Å². The Balaban J connectivity index is 0.909. The Bertz CT molecular complexity index is 3090. The summed E-state index contributed by atoms with van der Waals surface area (Å²) in [6.07, 6.45) is 6.80. The van der Waals surface area contributed by atoms with Crippen LogP contribution in [-0.4, -0.2) is 103 Å². The summed E-state index contributed by atoms with van der Waals surface area (Å²) in [5.41, 5.74) is 4.64. The van der Waals surface area contributed by atoms with Gasteiger partial charge in [-0.2, -0.15) is 0 Å². The molecule has 2 heterocycles. The van der Waals surface area contributed by atoms with E-state index >= 15 is 0 Å². The van der Waals surface area contributed by atoms with Gasteiger partial charge in [0.25, 0.3) is 11.8 Å². The molecule has 0 radical (unpaired) electrons. The van der Waals surface area contributed by atoms with E-state index in [1.54, 1.807) is 66.9 Å². The second-order valence-corrected chi connectivity index (χ2v) is 18.4. The average Bonchev–Trinajstić information content (AvgIpc) is 3.92. The summed E-state index contributed by atoms with van der Waals surface area (Å²) in [5, 5.41) is 26.6. The lowest BCUT2D eigenvalue weighted by molar-refractivity contribution is -0.140. The zero-order valence-electron chi connectivity index (χ0n) is 37.0. The summed E-state index contributed by atoms with van der Waals surface area (Å²) in [5.74, 6) is -1.91. The van der Waals surface area contributed by atoms with Crippen LogP contribution in [0.25, 0.3) is 44.1 Å². The van der Waals surface area contributed by atoms with E-state index in [-0.39, 0.29) is 42.6 Å². The summed E-state index contributed by atoms with van der Waals surface area (Å²) in [6, 6.07) is 26.9. The fourth-order valence-electron chi connectivity index (χ4n) is 8.63. The molecule has 348 valence electrons. The number of imidazole rings is 1. The van der Waals surface area contributed by atoms with Gasteiger partial charge in [-0.05, 0) is 91.2 Å². The Hall–Kier alpha value is -7.44. The predicted octanol–water partition coefficient (Wildman–Crippen LogP) is 6.27. The third-order valence-corrected chi connectivity index (χ3v) is 13.4. The molecule has 0 bridgehead atoms. The molecule has 67 heavy (non-hydrogen) atoms. The number of rotatable bonds is 19. The van der Waals surface area contributed by atoms with Crippen LogP contribution >= 0.6 is 0 Å². The average molecular weight is 930 g/mol. The van der Waals surface area contributed by atoms with Gasteiger partial charge >= 0.3 is 11.9 Å². The van der Waals surface area contributed by atoms with Gasteiger partial charge in [0, 0.05) is 84.3 Å². The molecular weight excluding hydrogens is 879 g/mol. The zero-order chi connectivity index (χ0) is 47.2. The molecule has 8 rings (SSSR count). The molecule has 0 saturated heterocycles. The Kier molecular flexibility index (Phi) is 13.7. The van der Waals surface area contributed by atoms with E-state index in [9.17, 15) is 32.7 Å². The summed E-state index contributed by atoms with van der Waals surface area (Å²) >= 11 is 0. The van der Waals surface area contributed by atoms with Crippen LogP contribution in [0.5, 0.6) is 11.5 Å². The van der Waals surface area contributed by atoms with Crippen molar-refractivity contribution < 1.29 is 47.3 Å². The quantitative estimate of drug-likeness (QED) is 0.0493. The number of benzene rings is 5. The number of carboxylic acid groups (broad SMARTS) is 2. The number of H-pyrrole nitrogens is 1. The maximum atomic E-state index is 13.7. The lowest BCUT2D eigenvalue weighted by Crippen LogP contribution is -2.42. The lowest BCUT2D eigenvalue weighted by Gasteiger charge is -2.25. The number of amides is 2. The van der Waals surface area contributed by atoms with Crippen LogP contribution in [0.15, 0.2) is 108 Å². The number of ether oxygens (including phenoxy) is 2. The van der Waals surface area contributed by atoms with Crippen molar-refractivity contribution in [3.63, 3.8) is 0 Å². The fraction of sp³-hybridized carbons (Fsp3) is 0.286. The van der Waals surface area contributed by atoms with Crippen molar-refractivity contribution in [2.45, 2.75) is 55.5 Å². The van der Waals surface area contributed by atoms with Crippen LogP contribution in [0, 0.1) is 0 Å². The van der Waals surface area contributed by atoms with Gasteiger partial charge in [-0.15, -0.1) is 0 Å². The molecule has 1 aliphatic carbocycles. The lowest BCUT2D eigenvalue weighted by atomic mass is 9.94. The Labute approximate surface area is 386 Å². The van der Waals surface area contributed by atoms with E-state index in [0.29, 0.717) is 44.7 Å². The fourth-order valence-corrected chi connectivity index (χ4v) is 9.88. The highest BCUT2D eigenvalue weighted by atomic mass is 32.2. The van der Waals surface area contributed by atoms with Gasteiger partial charge in [0.05, 0.1) is 15.9 Å². The molecule has 2 aromatic heterocycles. The molecule has 1 aliphatic rings. The number of nitrogens with one attached hydrogen (secondary N) is 4. The molecule has 0 aliphatic heterocycles. The Morgan fingerprint density at radius 2 is 1.57 bits per heavy atom. The second-order valence-electron chi connectivity index (χ2n) is 16.7. The van der Waals surface area contributed by atoms with Crippen LogP contribution in [0.2, 0.25) is 0 Å². The molecule has 0 spiro atoms. The van der Waals surface area contributed by atoms with Gasteiger partial charge in [0.15, 0.2) is 13.2 Å². The van der Waals surface area contributed by atoms with Crippen LogP contribution in [0.1, 0.15) is 54.1 Å². The molecule has 2 amide bonds. The molecule has 7 aromatic rings. The molecule has 1 fully saturated rings. The number of sulfonamides is 1. The van der Waals surface area contributed by atoms with Crippen LogP contribution in [-0.2, 0) is 30.8 Å². The van der Waals surface area contributed by atoms with E-state index in [1.165, 1.54) is 0 Å². The molecule has 5 aromatic carbocycles. The highest BCUT2D eigenvalue weighted by Gasteiger charge is 2.26. The van der Waals surface area contributed by atoms with Gasteiger partial charge in [0.1, 0.15) is 23.4 Å². The maximum Gasteiger partial charge on any atom is 0.341 e. The van der Waals surface area contributed by atoms with Gasteiger partial charge in [0.2, 0.25) is 10.0 Å². The first kappa shape index (κ1) is 46.1. The number of hydrogen-bond donors (Lipinski definition) is 6. The van der Waals surface area contributed by atoms with E-state index in [4.69, 9.17) is 19.6 Å². The van der Waals surface area contributed by atoms with Crippen molar-refractivity contribution in [2.75, 3.05) is 45.3 Å². The van der Waals surface area contributed by atoms with Gasteiger partial charge < -0.3 is 44.8 Å².